The van der Waals surface area contributed by atoms with E-state index in [1.807, 2.05) is 6.07 Å². The number of nitrogen functional groups attached to an aromatic ring is 1. The Morgan fingerprint density at radius 3 is 2.68 bits per heavy atom. The molecule has 0 bridgehead atoms. The standard InChI is InChI=1S/C15H11FN2O/c16-12-3-1-2-4-13(12)19-14-6-5-10-9-18-8-7-11(10)15(14)17/h1-9H,17H2. The van der Waals surface area contributed by atoms with Gasteiger partial charge in [-0.15, -0.1) is 0 Å². The number of ether oxygens (including phenoxy) is 1. The lowest BCUT2D eigenvalue weighted by Gasteiger charge is -2.11. The molecule has 94 valence electrons. The molecule has 3 rings (SSSR count). The molecule has 0 aliphatic carbocycles. The smallest absolute Gasteiger partial charge is 0.165 e. The van der Waals surface area contributed by atoms with Crippen molar-refractivity contribution in [2.24, 2.45) is 0 Å². The van der Waals surface area contributed by atoms with Crippen molar-refractivity contribution in [3.8, 4) is 11.5 Å². The first-order chi connectivity index (χ1) is 9.25. The topological polar surface area (TPSA) is 48.1 Å². The predicted octanol–water partition coefficient (Wildman–Crippen LogP) is 3.75. The van der Waals surface area contributed by atoms with E-state index in [-0.39, 0.29) is 5.75 Å². The van der Waals surface area contributed by atoms with Gasteiger partial charge in [0.1, 0.15) is 0 Å². The molecule has 2 N–H and O–H groups in total. The van der Waals surface area contributed by atoms with Gasteiger partial charge in [-0.2, -0.15) is 0 Å². The van der Waals surface area contributed by atoms with Crippen LogP contribution in [0.4, 0.5) is 10.1 Å². The van der Waals surface area contributed by atoms with Crippen LogP contribution in [0.2, 0.25) is 0 Å². The average molecular weight is 254 g/mol. The van der Waals surface area contributed by atoms with Crippen molar-refractivity contribution in [1.82, 2.24) is 4.98 Å². The molecule has 2 aromatic carbocycles. The van der Waals surface area contributed by atoms with Gasteiger partial charge in [0.25, 0.3) is 0 Å². The quantitative estimate of drug-likeness (QED) is 0.708. The van der Waals surface area contributed by atoms with E-state index >= 15 is 0 Å². The number of anilines is 1. The van der Waals surface area contributed by atoms with Crippen LogP contribution in [0.15, 0.2) is 54.9 Å². The van der Waals surface area contributed by atoms with E-state index in [1.165, 1.54) is 6.07 Å². The third-order valence-electron chi connectivity index (χ3n) is 2.88. The van der Waals surface area contributed by atoms with E-state index in [4.69, 9.17) is 10.5 Å². The molecule has 0 aliphatic heterocycles. The molecule has 3 aromatic rings. The monoisotopic (exact) mass is 254 g/mol. The number of nitrogens with two attached hydrogens (primary N) is 1. The summed E-state index contributed by atoms with van der Waals surface area (Å²) in [5.74, 6) is 0.170. The lowest BCUT2D eigenvalue weighted by molar-refractivity contribution is 0.444. The van der Waals surface area contributed by atoms with Crippen LogP contribution in [-0.4, -0.2) is 4.98 Å². The molecule has 0 spiro atoms. The fraction of sp³-hybridized carbons (Fsp3) is 0. The molecule has 1 heterocycles. The molecule has 0 saturated heterocycles. The number of benzene rings is 2. The Hall–Kier alpha value is -2.62. The van der Waals surface area contributed by atoms with Crippen molar-refractivity contribution < 1.29 is 9.13 Å². The highest BCUT2D eigenvalue weighted by Crippen LogP contribution is 2.34. The van der Waals surface area contributed by atoms with E-state index < -0.39 is 5.82 Å². The lowest BCUT2D eigenvalue weighted by atomic mass is 10.1. The zero-order valence-corrected chi connectivity index (χ0v) is 10.0. The summed E-state index contributed by atoms with van der Waals surface area (Å²) in [6, 6.07) is 11.6. The van der Waals surface area contributed by atoms with Gasteiger partial charge >= 0.3 is 0 Å². The van der Waals surface area contributed by atoms with Gasteiger partial charge in [-0.3, -0.25) is 4.98 Å². The molecule has 3 nitrogen and oxygen atoms in total. The fourth-order valence-electron chi connectivity index (χ4n) is 1.91. The van der Waals surface area contributed by atoms with Crippen molar-refractivity contribution in [2.75, 3.05) is 5.73 Å². The molecule has 0 aliphatic rings. The molecule has 0 radical (unpaired) electrons. The molecule has 0 atom stereocenters. The Bertz CT molecular complexity index is 743. The molecule has 0 amide bonds. The van der Waals surface area contributed by atoms with E-state index in [0.717, 1.165) is 10.8 Å². The van der Waals surface area contributed by atoms with Crippen LogP contribution in [0, 0.1) is 5.82 Å². The molecule has 0 unspecified atom stereocenters. The second kappa shape index (κ2) is 4.57. The van der Waals surface area contributed by atoms with Gasteiger partial charge in [0.05, 0.1) is 5.69 Å². The number of fused-ring (bicyclic) bond motifs is 1. The highest BCUT2D eigenvalue weighted by atomic mass is 19.1. The molecular weight excluding hydrogens is 243 g/mol. The summed E-state index contributed by atoms with van der Waals surface area (Å²) in [6.45, 7) is 0. The van der Waals surface area contributed by atoms with Crippen LogP contribution in [0.3, 0.4) is 0 Å². The summed E-state index contributed by atoms with van der Waals surface area (Å²) in [4.78, 5) is 4.03. The van der Waals surface area contributed by atoms with E-state index in [9.17, 15) is 4.39 Å². The van der Waals surface area contributed by atoms with Gasteiger partial charge in [0.15, 0.2) is 17.3 Å². The number of aromatic nitrogens is 1. The lowest BCUT2D eigenvalue weighted by Crippen LogP contribution is -1.95. The summed E-state index contributed by atoms with van der Waals surface area (Å²) in [5.41, 5.74) is 6.52. The van der Waals surface area contributed by atoms with E-state index in [1.54, 1.807) is 42.7 Å². The van der Waals surface area contributed by atoms with Crippen molar-refractivity contribution in [3.63, 3.8) is 0 Å². The molecule has 0 fully saturated rings. The summed E-state index contributed by atoms with van der Waals surface area (Å²) in [5, 5.41) is 1.75. The first-order valence-electron chi connectivity index (χ1n) is 5.80. The minimum absolute atomic E-state index is 0.155. The minimum atomic E-state index is -0.420. The highest BCUT2D eigenvalue weighted by molar-refractivity contribution is 5.95. The average Bonchev–Trinajstić information content (AvgIpc) is 2.44. The van der Waals surface area contributed by atoms with Crippen molar-refractivity contribution in [1.29, 1.82) is 0 Å². The minimum Gasteiger partial charge on any atom is -0.452 e. The van der Waals surface area contributed by atoms with Crippen LogP contribution in [-0.2, 0) is 0 Å². The summed E-state index contributed by atoms with van der Waals surface area (Å²) in [6.07, 6.45) is 3.38. The van der Waals surface area contributed by atoms with E-state index in [0.29, 0.717) is 11.4 Å². The fourth-order valence-corrected chi connectivity index (χ4v) is 1.91. The van der Waals surface area contributed by atoms with Crippen LogP contribution in [0.5, 0.6) is 11.5 Å². The third-order valence-corrected chi connectivity index (χ3v) is 2.88. The largest absolute Gasteiger partial charge is 0.452 e. The predicted molar refractivity (Wildman–Crippen MR) is 72.6 cm³/mol. The van der Waals surface area contributed by atoms with E-state index in [2.05, 4.69) is 4.98 Å². The maximum atomic E-state index is 13.5. The Morgan fingerprint density at radius 2 is 1.84 bits per heavy atom. The van der Waals surface area contributed by atoms with Crippen LogP contribution < -0.4 is 10.5 Å². The Labute approximate surface area is 109 Å². The van der Waals surface area contributed by atoms with Gasteiger partial charge in [0, 0.05) is 23.2 Å². The zero-order chi connectivity index (χ0) is 13.2. The first kappa shape index (κ1) is 11.5. The Kier molecular flexibility index (Phi) is 2.76. The highest BCUT2D eigenvalue weighted by Gasteiger charge is 2.09. The number of pyridine rings is 1. The number of nitrogens with zero attached hydrogens (tertiary/aromatic N) is 1. The van der Waals surface area contributed by atoms with Crippen LogP contribution in [0.1, 0.15) is 0 Å². The zero-order valence-electron chi connectivity index (χ0n) is 10.0. The number of hydrogen-bond donors (Lipinski definition) is 1. The molecule has 4 heteroatoms. The SMILES string of the molecule is Nc1c(Oc2ccccc2F)ccc2cnccc12. The number of para-hydroxylation sites is 1. The second-order valence-corrected chi connectivity index (χ2v) is 4.11. The number of hydrogen-bond acceptors (Lipinski definition) is 3. The van der Waals surface area contributed by atoms with Crippen LogP contribution >= 0.6 is 0 Å². The summed E-state index contributed by atoms with van der Waals surface area (Å²) < 4.78 is 19.1. The van der Waals surface area contributed by atoms with Gasteiger partial charge in [-0.05, 0) is 30.3 Å². The molecule has 19 heavy (non-hydrogen) atoms. The Morgan fingerprint density at radius 1 is 1.00 bits per heavy atom. The third kappa shape index (κ3) is 2.08. The maximum Gasteiger partial charge on any atom is 0.165 e. The van der Waals surface area contributed by atoms with Gasteiger partial charge in [-0.1, -0.05) is 12.1 Å². The van der Waals surface area contributed by atoms with Crippen LogP contribution in [0.25, 0.3) is 10.8 Å². The summed E-state index contributed by atoms with van der Waals surface area (Å²) in [7, 11) is 0. The first-order valence-corrected chi connectivity index (χ1v) is 5.80. The van der Waals surface area contributed by atoms with Crippen molar-refractivity contribution in [3.05, 3.63) is 60.7 Å². The second-order valence-electron chi connectivity index (χ2n) is 4.11. The molecule has 0 saturated carbocycles. The molecular formula is C15H11FN2O. The molecule has 1 aromatic heterocycles. The summed E-state index contributed by atoms with van der Waals surface area (Å²) >= 11 is 0. The number of halogens is 1. The van der Waals surface area contributed by atoms with Gasteiger partial charge in [-0.25, -0.2) is 4.39 Å². The maximum absolute atomic E-state index is 13.5. The Balaban J connectivity index is 2.07. The van der Waals surface area contributed by atoms with Gasteiger partial charge < -0.3 is 10.5 Å². The van der Waals surface area contributed by atoms with Gasteiger partial charge in [0.2, 0.25) is 0 Å². The normalized spacial score (nSPS) is 10.6. The van der Waals surface area contributed by atoms with Crippen molar-refractivity contribution in [2.45, 2.75) is 0 Å². The number of rotatable bonds is 2. The van der Waals surface area contributed by atoms with Crippen molar-refractivity contribution >= 4 is 16.5 Å².